The molecule has 128 valence electrons. The molecule has 1 fully saturated rings. The maximum absolute atomic E-state index is 11.3. The fourth-order valence-electron chi connectivity index (χ4n) is 2.54. The summed E-state index contributed by atoms with van der Waals surface area (Å²) >= 11 is 0. The van der Waals surface area contributed by atoms with Crippen LogP contribution in [0.15, 0.2) is 23.1 Å². The van der Waals surface area contributed by atoms with Gasteiger partial charge in [-0.3, -0.25) is 10.1 Å². The molecule has 23 heavy (non-hydrogen) atoms. The number of primary sulfonamides is 1. The predicted octanol–water partition coefficient (Wildman–Crippen LogP) is 2.11. The summed E-state index contributed by atoms with van der Waals surface area (Å²) in [6, 6.07) is 3.65. The third-order valence-electron chi connectivity index (χ3n) is 3.91. The number of nitro groups is 1. The van der Waals surface area contributed by atoms with Crippen LogP contribution in [0.4, 0.5) is 11.4 Å². The van der Waals surface area contributed by atoms with E-state index in [4.69, 9.17) is 9.66 Å². The van der Waals surface area contributed by atoms with Crippen molar-refractivity contribution < 1.29 is 17.9 Å². The van der Waals surface area contributed by atoms with Gasteiger partial charge in [-0.05, 0) is 43.2 Å². The van der Waals surface area contributed by atoms with Crippen molar-refractivity contribution in [2.24, 2.45) is 11.1 Å². The maximum atomic E-state index is 11.3. The first-order valence-electron chi connectivity index (χ1n) is 7.15. The van der Waals surface area contributed by atoms with Crippen molar-refractivity contribution in [2.75, 3.05) is 31.3 Å². The van der Waals surface area contributed by atoms with Crippen molar-refractivity contribution in [3.8, 4) is 0 Å². The van der Waals surface area contributed by atoms with Gasteiger partial charge in [0.1, 0.15) is 5.69 Å². The van der Waals surface area contributed by atoms with Crippen LogP contribution in [0.25, 0.3) is 0 Å². The maximum Gasteiger partial charge on any atom is 0.293 e. The second-order valence-electron chi connectivity index (χ2n) is 5.42. The first-order chi connectivity index (χ1) is 10.8. The van der Waals surface area contributed by atoms with Gasteiger partial charge in [-0.15, -0.1) is 0 Å². The van der Waals surface area contributed by atoms with Gasteiger partial charge < -0.3 is 9.84 Å². The fourth-order valence-corrected chi connectivity index (χ4v) is 4.97. The SMILES string of the molecule is COP1CCC(CNc2ccc(S(N)(=O)=O)cc2[N+](=O)[O-])CC1. The quantitative estimate of drug-likeness (QED) is 0.454. The topological polar surface area (TPSA) is 125 Å². The number of nitro benzene ring substituents is 1. The van der Waals surface area contributed by atoms with Crippen LogP contribution in [-0.4, -0.2) is 39.3 Å². The first-order valence-corrected chi connectivity index (χ1v) is 10.3. The molecule has 1 aliphatic heterocycles. The van der Waals surface area contributed by atoms with E-state index in [1.165, 1.54) is 12.1 Å². The van der Waals surface area contributed by atoms with Crippen molar-refractivity contribution >= 4 is 29.5 Å². The Bertz CT molecular complexity index is 674. The molecule has 0 aromatic heterocycles. The second-order valence-corrected chi connectivity index (χ2v) is 9.20. The summed E-state index contributed by atoms with van der Waals surface area (Å²) in [7, 11) is -2.54. The number of rotatable bonds is 6. The second kappa shape index (κ2) is 7.53. The Hall–Kier alpha value is -1.28. The van der Waals surface area contributed by atoms with E-state index < -0.39 is 14.9 Å². The van der Waals surface area contributed by atoms with Crippen LogP contribution in [-0.2, 0) is 14.5 Å². The number of hydrogen-bond acceptors (Lipinski definition) is 6. The van der Waals surface area contributed by atoms with Crippen molar-refractivity contribution in [1.29, 1.82) is 0 Å². The van der Waals surface area contributed by atoms with Gasteiger partial charge in [0.15, 0.2) is 0 Å². The van der Waals surface area contributed by atoms with Crippen molar-refractivity contribution in [3.63, 3.8) is 0 Å². The molecule has 3 N–H and O–H groups in total. The summed E-state index contributed by atoms with van der Waals surface area (Å²) < 4.78 is 28.0. The Kier molecular flexibility index (Phi) is 5.91. The highest BCUT2D eigenvalue weighted by Gasteiger charge is 2.23. The van der Waals surface area contributed by atoms with Gasteiger partial charge in [-0.25, -0.2) is 13.6 Å². The average molecular weight is 361 g/mol. The van der Waals surface area contributed by atoms with E-state index in [0.29, 0.717) is 18.2 Å². The summed E-state index contributed by atoms with van der Waals surface area (Å²) in [5, 5.41) is 19.2. The summed E-state index contributed by atoms with van der Waals surface area (Å²) in [4.78, 5) is 10.3. The third kappa shape index (κ3) is 4.84. The van der Waals surface area contributed by atoms with Gasteiger partial charge >= 0.3 is 0 Å². The third-order valence-corrected chi connectivity index (χ3v) is 6.85. The van der Waals surface area contributed by atoms with E-state index in [0.717, 1.165) is 31.2 Å². The van der Waals surface area contributed by atoms with E-state index in [2.05, 4.69) is 5.32 Å². The van der Waals surface area contributed by atoms with E-state index in [1.54, 1.807) is 7.11 Å². The van der Waals surface area contributed by atoms with Crippen LogP contribution in [0.2, 0.25) is 0 Å². The van der Waals surface area contributed by atoms with Crippen LogP contribution in [0.5, 0.6) is 0 Å². The molecular formula is C13H20N3O5PS. The van der Waals surface area contributed by atoms with Gasteiger partial charge in [0.25, 0.3) is 5.69 Å². The number of benzene rings is 1. The van der Waals surface area contributed by atoms with Gasteiger partial charge in [-0.2, -0.15) is 0 Å². The molecule has 0 unspecified atom stereocenters. The lowest BCUT2D eigenvalue weighted by Gasteiger charge is -2.27. The van der Waals surface area contributed by atoms with E-state index in [9.17, 15) is 18.5 Å². The summed E-state index contributed by atoms with van der Waals surface area (Å²) in [5.74, 6) is 0.432. The Labute approximate surface area is 136 Å². The molecule has 8 nitrogen and oxygen atoms in total. The predicted molar refractivity (Wildman–Crippen MR) is 89.3 cm³/mol. The van der Waals surface area contributed by atoms with Crippen molar-refractivity contribution in [1.82, 2.24) is 0 Å². The van der Waals surface area contributed by atoms with Gasteiger partial charge in [0.05, 0.1) is 9.82 Å². The molecule has 0 spiro atoms. The van der Waals surface area contributed by atoms with E-state index >= 15 is 0 Å². The molecule has 0 aliphatic carbocycles. The zero-order valence-electron chi connectivity index (χ0n) is 12.8. The smallest absolute Gasteiger partial charge is 0.293 e. The van der Waals surface area contributed by atoms with Crippen LogP contribution >= 0.6 is 8.15 Å². The molecule has 2 rings (SSSR count). The highest BCUT2D eigenvalue weighted by molar-refractivity contribution is 7.89. The highest BCUT2D eigenvalue weighted by Crippen LogP contribution is 2.43. The van der Waals surface area contributed by atoms with Crippen LogP contribution < -0.4 is 10.5 Å². The average Bonchev–Trinajstić information content (AvgIpc) is 2.52. The van der Waals surface area contributed by atoms with Gasteiger partial charge in [0, 0.05) is 27.9 Å². The zero-order chi connectivity index (χ0) is 17.0. The number of nitrogens with zero attached hydrogens (tertiary/aromatic N) is 1. The monoisotopic (exact) mass is 361 g/mol. The van der Waals surface area contributed by atoms with Crippen molar-refractivity contribution in [3.05, 3.63) is 28.3 Å². The lowest BCUT2D eigenvalue weighted by Crippen LogP contribution is -2.21. The molecular weight excluding hydrogens is 341 g/mol. The molecule has 1 saturated heterocycles. The molecule has 0 bridgehead atoms. The van der Waals surface area contributed by atoms with Gasteiger partial charge in [0.2, 0.25) is 10.0 Å². The zero-order valence-corrected chi connectivity index (χ0v) is 14.5. The number of anilines is 1. The number of nitrogens with two attached hydrogens (primary N) is 1. The number of sulfonamides is 1. The minimum Gasteiger partial charge on any atom is -0.379 e. The Balaban J connectivity index is 2.06. The Morgan fingerprint density at radius 2 is 2.09 bits per heavy atom. The number of nitrogens with one attached hydrogen (secondary N) is 1. The lowest BCUT2D eigenvalue weighted by atomic mass is 10.0. The largest absolute Gasteiger partial charge is 0.379 e. The Morgan fingerprint density at radius 1 is 1.43 bits per heavy atom. The summed E-state index contributed by atoms with van der Waals surface area (Å²) in [6.07, 6.45) is 4.14. The first kappa shape index (κ1) is 18.1. The lowest BCUT2D eigenvalue weighted by molar-refractivity contribution is -0.384. The Morgan fingerprint density at radius 3 is 2.61 bits per heavy atom. The van der Waals surface area contributed by atoms with Crippen LogP contribution in [0, 0.1) is 16.0 Å². The summed E-state index contributed by atoms with van der Waals surface area (Å²) in [6.45, 7) is 0.614. The normalized spacial score (nSPS) is 21.8. The minimum absolute atomic E-state index is 0.266. The summed E-state index contributed by atoms with van der Waals surface area (Å²) in [5.41, 5.74) is 0.0217. The van der Waals surface area contributed by atoms with Crippen LogP contribution in [0.3, 0.4) is 0 Å². The molecule has 10 heteroatoms. The van der Waals surface area contributed by atoms with E-state index in [1.807, 2.05) is 0 Å². The molecule has 0 saturated carbocycles. The van der Waals surface area contributed by atoms with Gasteiger partial charge in [-0.1, -0.05) is 0 Å². The number of hydrogen-bond donors (Lipinski definition) is 2. The molecule has 0 radical (unpaired) electrons. The van der Waals surface area contributed by atoms with Crippen LogP contribution in [0.1, 0.15) is 12.8 Å². The minimum atomic E-state index is -3.96. The molecule has 1 aromatic carbocycles. The molecule has 1 aliphatic rings. The fraction of sp³-hybridized carbons (Fsp3) is 0.538. The molecule has 1 heterocycles. The standard InChI is InChI=1S/C13H20N3O5PS/c1-21-22-6-4-10(5-7-22)9-15-12-3-2-11(23(14,19)20)8-13(12)16(17)18/h2-3,8,10,15H,4-7,9H2,1H3,(H2,14,19,20). The van der Waals surface area contributed by atoms with Crippen molar-refractivity contribution in [2.45, 2.75) is 17.7 Å². The molecule has 0 amide bonds. The molecule has 0 atom stereocenters. The molecule has 1 aromatic rings. The van der Waals surface area contributed by atoms with E-state index in [-0.39, 0.29) is 18.7 Å². The highest BCUT2D eigenvalue weighted by atomic mass is 32.2.